The number of nitrogens with zero attached hydrogens (tertiary/aromatic N) is 2. The van der Waals surface area contributed by atoms with Crippen molar-refractivity contribution in [2.45, 2.75) is 6.54 Å². The first-order chi connectivity index (χ1) is 7.27. The second-order valence-electron chi connectivity index (χ2n) is 2.91. The van der Waals surface area contributed by atoms with Crippen LogP contribution in [0, 0.1) is 0 Å². The number of nitrogen functional groups attached to an aromatic ring is 1. The van der Waals surface area contributed by atoms with Gasteiger partial charge in [-0.3, -0.25) is 9.97 Å². The van der Waals surface area contributed by atoms with Crippen molar-refractivity contribution in [3.8, 4) is 0 Å². The minimum Gasteiger partial charge on any atom is -0.396 e. The zero-order valence-electron chi connectivity index (χ0n) is 7.77. The summed E-state index contributed by atoms with van der Waals surface area (Å²) in [5.74, 6) is 0. The fourth-order valence-corrected chi connectivity index (χ4v) is 2.16. The number of hydrogen-bond donors (Lipinski definition) is 2. The van der Waals surface area contributed by atoms with Crippen molar-refractivity contribution >= 4 is 38.6 Å². The normalized spacial score (nSPS) is 10.2. The molecule has 0 aliphatic carbocycles. The van der Waals surface area contributed by atoms with Gasteiger partial charge in [-0.15, -0.1) is 11.3 Å². The van der Waals surface area contributed by atoms with Gasteiger partial charge in [0.2, 0.25) is 0 Å². The Hall–Kier alpha value is -1.14. The molecule has 2 aromatic heterocycles. The molecule has 2 aromatic rings. The first kappa shape index (κ1) is 10.4. The third-order valence-corrected chi connectivity index (χ3v) is 3.23. The Kier molecular flexibility index (Phi) is 3.17. The highest BCUT2D eigenvalue weighted by atomic mass is 79.9. The maximum Gasteiger partial charge on any atom is 0.0794 e. The molecule has 0 aliphatic heterocycles. The van der Waals surface area contributed by atoms with Gasteiger partial charge in [0, 0.05) is 17.3 Å². The lowest BCUT2D eigenvalue weighted by Crippen LogP contribution is -2.02. The predicted molar refractivity (Wildman–Crippen MR) is 65.8 cm³/mol. The third kappa shape index (κ3) is 2.45. The Bertz CT molecular complexity index is 423. The second kappa shape index (κ2) is 4.59. The van der Waals surface area contributed by atoms with Gasteiger partial charge in [0.15, 0.2) is 0 Å². The highest BCUT2D eigenvalue weighted by Crippen LogP contribution is 2.27. The SMILES string of the molecule is Nc1cncc(Br)c1NCc1cncs1. The summed E-state index contributed by atoms with van der Waals surface area (Å²) < 4.78 is 0.868. The van der Waals surface area contributed by atoms with Gasteiger partial charge in [-0.2, -0.15) is 0 Å². The summed E-state index contributed by atoms with van der Waals surface area (Å²) in [6, 6.07) is 0. The topological polar surface area (TPSA) is 63.8 Å². The van der Waals surface area contributed by atoms with Crippen LogP contribution in [0.25, 0.3) is 0 Å². The first-order valence-electron chi connectivity index (χ1n) is 4.27. The van der Waals surface area contributed by atoms with Gasteiger partial charge in [0.1, 0.15) is 0 Å². The van der Waals surface area contributed by atoms with Crippen LogP contribution >= 0.6 is 27.3 Å². The monoisotopic (exact) mass is 284 g/mol. The van der Waals surface area contributed by atoms with E-state index in [0.717, 1.165) is 21.6 Å². The third-order valence-electron chi connectivity index (χ3n) is 1.85. The molecule has 15 heavy (non-hydrogen) atoms. The number of pyridine rings is 1. The number of hydrogen-bond acceptors (Lipinski definition) is 5. The standard InChI is InChI=1S/C9H9BrN4S/c10-7-3-12-4-8(11)9(7)14-2-6-1-13-5-15-6/h1,3-5H,2,11H2,(H,12,14). The van der Waals surface area contributed by atoms with Crippen LogP contribution in [0.15, 0.2) is 28.6 Å². The summed E-state index contributed by atoms with van der Waals surface area (Å²) in [5, 5.41) is 3.24. The molecule has 78 valence electrons. The minimum atomic E-state index is 0.633. The van der Waals surface area contributed by atoms with E-state index in [2.05, 4.69) is 31.2 Å². The number of nitrogens with one attached hydrogen (secondary N) is 1. The number of nitrogens with two attached hydrogens (primary N) is 1. The number of rotatable bonds is 3. The maximum atomic E-state index is 5.79. The number of aromatic nitrogens is 2. The van der Waals surface area contributed by atoms with Gasteiger partial charge >= 0.3 is 0 Å². The molecule has 3 N–H and O–H groups in total. The van der Waals surface area contributed by atoms with Gasteiger partial charge in [-0.1, -0.05) is 0 Å². The molecule has 6 heteroatoms. The van der Waals surface area contributed by atoms with Crippen molar-refractivity contribution in [2.75, 3.05) is 11.1 Å². The predicted octanol–water partition coefficient (Wildman–Crippen LogP) is 2.49. The Morgan fingerprint density at radius 3 is 2.87 bits per heavy atom. The van der Waals surface area contributed by atoms with E-state index in [9.17, 15) is 0 Å². The van der Waals surface area contributed by atoms with E-state index in [4.69, 9.17) is 5.73 Å². The fourth-order valence-electron chi connectivity index (χ4n) is 1.14. The molecule has 0 fully saturated rings. The highest BCUT2D eigenvalue weighted by molar-refractivity contribution is 9.10. The zero-order valence-corrected chi connectivity index (χ0v) is 10.2. The number of thiazole rings is 1. The van der Waals surface area contributed by atoms with Gasteiger partial charge in [-0.05, 0) is 15.9 Å². The van der Waals surface area contributed by atoms with Gasteiger partial charge < -0.3 is 11.1 Å². The van der Waals surface area contributed by atoms with Crippen LogP contribution in [0.2, 0.25) is 0 Å². The average Bonchev–Trinajstić information content (AvgIpc) is 2.70. The lowest BCUT2D eigenvalue weighted by Gasteiger charge is -2.09. The molecule has 0 saturated carbocycles. The van der Waals surface area contributed by atoms with Crippen LogP contribution in [-0.2, 0) is 6.54 Å². The van der Waals surface area contributed by atoms with Crippen molar-refractivity contribution in [3.63, 3.8) is 0 Å². The molecular weight excluding hydrogens is 276 g/mol. The van der Waals surface area contributed by atoms with Crippen molar-refractivity contribution in [2.24, 2.45) is 0 Å². The average molecular weight is 285 g/mol. The molecule has 2 heterocycles. The van der Waals surface area contributed by atoms with E-state index in [1.54, 1.807) is 23.7 Å². The Balaban J connectivity index is 2.11. The van der Waals surface area contributed by atoms with E-state index >= 15 is 0 Å². The summed E-state index contributed by atoms with van der Waals surface area (Å²) >= 11 is 5.00. The van der Waals surface area contributed by atoms with E-state index in [0.29, 0.717) is 5.69 Å². The number of anilines is 2. The Labute approximate surface area is 99.7 Å². The Morgan fingerprint density at radius 1 is 1.33 bits per heavy atom. The summed E-state index contributed by atoms with van der Waals surface area (Å²) in [4.78, 5) is 9.14. The minimum absolute atomic E-state index is 0.633. The van der Waals surface area contributed by atoms with E-state index in [1.165, 1.54) is 0 Å². The van der Waals surface area contributed by atoms with Crippen LogP contribution in [0.3, 0.4) is 0 Å². The van der Waals surface area contributed by atoms with Crippen LogP contribution in [0.4, 0.5) is 11.4 Å². The van der Waals surface area contributed by atoms with Crippen molar-refractivity contribution in [1.29, 1.82) is 0 Å². The molecule has 0 unspecified atom stereocenters. The van der Waals surface area contributed by atoms with Gasteiger partial charge in [-0.25, -0.2) is 0 Å². The molecule has 0 radical (unpaired) electrons. The maximum absolute atomic E-state index is 5.79. The summed E-state index contributed by atoms with van der Waals surface area (Å²) in [7, 11) is 0. The van der Waals surface area contributed by atoms with E-state index in [1.807, 2.05) is 11.7 Å². The molecule has 0 saturated heterocycles. The van der Waals surface area contributed by atoms with Crippen molar-refractivity contribution in [3.05, 3.63) is 33.5 Å². The zero-order chi connectivity index (χ0) is 10.7. The lowest BCUT2D eigenvalue weighted by atomic mass is 10.3. The molecule has 0 aromatic carbocycles. The quantitative estimate of drug-likeness (QED) is 0.909. The number of halogens is 1. The van der Waals surface area contributed by atoms with E-state index in [-0.39, 0.29) is 0 Å². The fraction of sp³-hybridized carbons (Fsp3) is 0.111. The first-order valence-corrected chi connectivity index (χ1v) is 5.95. The second-order valence-corrected chi connectivity index (χ2v) is 4.73. The molecule has 0 amide bonds. The summed E-state index contributed by atoms with van der Waals surface area (Å²) in [5.41, 5.74) is 9.11. The Morgan fingerprint density at radius 2 is 2.20 bits per heavy atom. The van der Waals surface area contributed by atoms with Gasteiger partial charge in [0.05, 0.1) is 34.1 Å². The van der Waals surface area contributed by atoms with Crippen molar-refractivity contribution in [1.82, 2.24) is 9.97 Å². The molecule has 0 spiro atoms. The van der Waals surface area contributed by atoms with Crippen molar-refractivity contribution < 1.29 is 0 Å². The summed E-state index contributed by atoms with van der Waals surface area (Å²) in [6.07, 6.45) is 5.17. The van der Waals surface area contributed by atoms with Gasteiger partial charge in [0.25, 0.3) is 0 Å². The van der Waals surface area contributed by atoms with E-state index < -0.39 is 0 Å². The molecule has 0 aliphatic rings. The molecule has 2 rings (SSSR count). The van der Waals surface area contributed by atoms with Crippen LogP contribution in [0.1, 0.15) is 4.88 Å². The van der Waals surface area contributed by atoms with Crippen LogP contribution < -0.4 is 11.1 Å². The molecule has 4 nitrogen and oxygen atoms in total. The lowest BCUT2D eigenvalue weighted by molar-refractivity contribution is 1.16. The van der Waals surface area contributed by atoms with Crippen LogP contribution in [0.5, 0.6) is 0 Å². The largest absolute Gasteiger partial charge is 0.396 e. The molecule has 0 bridgehead atoms. The summed E-state index contributed by atoms with van der Waals surface area (Å²) in [6.45, 7) is 0.720. The highest BCUT2D eigenvalue weighted by Gasteiger charge is 2.04. The molecule has 0 atom stereocenters. The smallest absolute Gasteiger partial charge is 0.0794 e. The van der Waals surface area contributed by atoms with Crippen LogP contribution in [-0.4, -0.2) is 9.97 Å². The molecular formula is C9H9BrN4S.